The zero-order valence-corrected chi connectivity index (χ0v) is 32.3. The van der Waals surface area contributed by atoms with Crippen LogP contribution >= 0.6 is 0 Å². The van der Waals surface area contributed by atoms with E-state index in [1.807, 2.05) is 0 Å². The van der Waals surface area contributed by atoms with Crippen LogP contribution in [0.25, 0.3) is 55.3 Å². The molecular formula is C57H41N. The molecule has 9 aromatic carbocycles. The Hall–Kier alpha value is -6.96. The van der Waals surface area contributed by atoms with E-state index in [1.165, 1.54) is 108 Å². The minimum atomic E-state index is -0.428. The van der Waals surface area contributed by atoms with E-state index in [0.29, 0.717) is 0 Å². The maximum absolute atomic E-state index is 2.52. The molecule has 0 N–H and O–H groups in total. The molecule has 0 aromatic heterocycles. The molecule has 58 heavy (non-hydrogen) atoms. The second-order valence-corrected chi connectivity index (χ2v) is 16.2. The Kier molecular flexibility index (Phi) is 7.47. The topological polar surface area (TPSA) is 3.24 Å². The smallest absolute Gasteiger partial charge is 0.0726 e. The van der Waals surface area contributed by atoms with E-state index in [2.05, 4.69) is 205 Å². The van der Waals surface area contributed by atoms with E-state index in [9.17, 15) is 0 Å². The van der Waals surface area contributed by atoms with E-state index in [4.69, 9.17) is 0 Å². The van der Waals surface area contributed by atoms with Crippen LogP contribution in [0, 0.1) is 0 Å². The number of fused-ring (bicyclic) bond motifs is 12. The van der Waals surface area contributed by atoms with Crippen LogP contribution in [0.4, 0.5) is 17.1 Å². The lowest BCUT2D eigenvalue weighted by molar-refractivity contribution is 0.687. The molecule has 0 saturated heterocycles. The van der Waals surface area contributed by atoms with Crippen LogP contribution in [-0.4, -0.2) is 0 Å². The first kappa shape index (κ1) is 33.2. The average molecular weight is 740 g/mol. The van der Waals surface area contributed by atoms with Gasteiger partial charge in [-0.1, -0.05) is 164 Å². The number of hydrogen-bond acceptors (Lipinski definition) is 1. The van der Waals surface area contributed by atoms with Crippen LogP contribution in [-0.2, 0) is 18.3 Å². The Labute approximate surface area is 340 Å². The van der Waals surface area contributed by atoms with Gasteiger partial charge in [0.25, 0.3) is 0 Å². The normalized spacial score (nSPS) is 14.1. The Balaban J connectivity index is 1.12. The molecule has 0 unspecified atom stereocenters. The highest BCUT2D eigenvalue weighted by atomic mass is 15.1. The van der Waals surface area contributed by atoms with Crippen molar-refractivity contribution in [2.45, 2.75) is 31.1 Å². The van der Waals surface area contributed by atoms with E-state index in [-0.39, 0.29) is 0 Å². The summed E-state index contributed by atoms with van der Waals surface area (Å²) in [5.41, 5.74) is 21.8. The van der Waals surface area contributed by atoms with Gasteiger partial charge in [0.1, 0.15) is 0 Å². The molecule has 0 fully saturated rings. The van der Waals surface area contributed by atoms with E-state index in [1.54, 1.807) is 0 Å². The molecule has 0 aliphatic heterocycles. The van der Waals surface area contributed by atoms with Crippen LogP contribution in [0.2, 0.25) is 0 Å². The zero-order chi connectivity index (χ0) is 38.2. The first-order chi connectivity index (χ1) is 28.8. The van der Waals surface area contributed by atoms with Gasteiger partial charge in [-0.15, -0.1) is 0 Å². The third-order valence-electron chi connectivity index (χ3n) is 13.3. The number of anilines is 3. The van der Waals surface area contributed by atoms with Crippen molar-refractivity contribution >= 4 is 27.8 Å². The summed E-state index contributed by atoms with van der Waals surface area (Å²) in [6.07, 6.45) is 4.88. The Morgan fingerprint density at radius 1 is 0.345 bits per heavy atom. The van der Waals surface area contributed by atoms with Gasteiger partial charge >= 0.3 is 0 Å². The summed E-state index contributed by atoms with van der Waals surface area (Å²) in [7, 11) is 0. The van der Waals surface area contributed by atoms with Crippen molar-refractivity contribution in [3.05, 3.63) is 234 Å². The molecular weight excluding hydrogens is 699 g/mol. The standard InChI is InChI=1S/C57H41N/c1-2-15-39(16-3-1)51-35-41-18-4-5-19-42(41)36-56(51)58(43-31-29-40(30-32-43)46-25-14-20-38-17-6-7-21-45(38)46)44-33-34-50-49-24-10-13-28-54(49)57(55(50)37-44)52-26-11-8-22-47(52)48-23-9-12-27-53(48)57/h1-5,8-16,18-20,22-37H,6-7,17,21H2. The molecule has 9 aromatic rings. The van der Waals surface area contributed by atoms with Crippen LogP contribution in [0.5, 0.6) is 0 Å². The van der Waals surface area contributed by atoms with Gasteiger partial charge in [-0.2, -0.15) is 0 Å². The van der Waals surface area contributed by atoms with E-state index in [0.717, 1.165) is 23.5 Å². The van der Waals surface area contributed by atoms with Crippen LogP contribution in [0.3, 0.4) is 0 Å². The highest BCUT2D eigenvalue weighted by molar-refractivity contribution is 6.00. The Morgan fingerprint density at radius 2 is 0.879 bits per heavy atom. The highest BCUT2D eigenvalue weighted by Crippen LogP contribution is 2.63. The number of benzene rings is 9. The molecule has 0 atom stereocenters. The molecule has 3 aliphatic rings. The fourth-order valence-corrected chi connectivity index (χ4v) is 10.8. The van der Waals surface area contributed by atoms with Crippen molar-refractivity contribution in [2.75, 3.05) is 4.90 Å². The molecule has 3 aliphatic carbocycles. The van der Waals surface area contributed by atoms with Gasteiger partial charge in [0.15, 0.2) is 0 Å². The fraction of sp³-hybridized carbons (Fsp3) is 0.0877. The van der Waals surface area contributed by atoms with Crippen LogP contribution in [0.1, 0.15) is 46.2 Å². The molecule has 12 rings (SSSR count). The summed E-state index contributed by atoms with van der Waals surface area (Å²) < 4.78 is 0. The minimum absolute atomic E-state index is 0.428. The maximum Gasteiger partial charge on any atom is 0.0726 e. The predicted octanol–water partition coefficient (Wildman–Crippen LogP) is 14.9. The summed E-state index contributed by atoms with van der Waals surface area (Å²) in [6.45, 7) is 0. The fourth-order valence-electron chi connectivity index (χ4n) is 10.8. The van der Waals surface area contributed by atoms with Gasteiger partial charge in [-0.25, -0.2) is 0 Å². The van der Waals surface area contributed by atoms with Crippen LogP contribution < -0.4 is 4.90 Å². The van der Waals surface area contributed by atoms with Gasteiger partial charge in [-0.3, -0.25) is 0 Å². The first-order valence-electron chi connectivity index (χ1n) is 20.8. The zero-order valence-electron chi connectivity index (χ0n) is 32.3. The second kappa shape index (κ2) is 13.0. The highest BCUT2D eigenvalue weighted by Gasteiger charge is 2.51. The number of rotatable bonds is 5. The number of aryl methyl sites for hydroxylation is 1. The predicted molar refractivity (Wildman–Crippen MR) is 242 cm³/mol. The monoisotopic (exact) mass is 739 g/mol. The van der Waals surface area contributed by atoms with Crippen molar-refractivity contribution in [1.29, 1.82) is 0 Å². The lowest BCUT2D eigenvalue weighted by Gasteiger charge is -2.33. The Morgan fingerprint density at radius 3 is 1.57 bits per heavy atom. The molecule has 0 heterocycles. The largest absolute Gasteiger partial charge is 0.310 e. The SMILES string of the molecule is c1ccc(-c2cc3ccccc3cc2N(c2ccc(-c3cccc4c3CCCC4)cc2)c2ccc3c(c2)C2(c4ccccc4-c4ccccc42)c2ccccc2-3)cc1. The van der Waals surface area contributed by atoms with Crippen molar-refractivity contribution in [3.8, 4) is 44.5 Å². The maximum atomic E-state index is 2.52. The summed E-state index contributed by atoms with van der Waals surface area (Å²) in [6, 6.07) is 75.3. The summed E-state index contributed by atoms with van der Waals surface area (Å²) >= 11 is 0. The lowest BCUT2D eigenvalue weighted by Crippen LogP contribution is -2.26. The summed E-state index contributed by atoms with van der Waals surface area (Å²) in [5.74, 6) is 0. The Bertz CT molecular complexity index is 3000. The van der Waals surface area contributed by atoms with Crippen molar-refractivity contribution in [1.82, 2.24) is 0 Å². The molecule has 1 heteroatoms. The summed E-state index contributed by atoms with van der Waals surface area (Å²) in [5, 5.41) is 2.45. The minimum Gasteiger partial charge on any atom is -0.310 e. The second-order valence-electron chi connectivity index (χ2n) is 16.2. The molecule has 1 nitrogen and oxygen atoms in total. The third-order valence-corrected chi connectivity index (χ3v) is 13.3. The first-order valence-corrected chi connectivity index (χ1v) is 20.8. The molecule has 0 radical (unpaired) electrons. The van der Waals surface area contributed by atoms with E-state index >= 15 is 0 Å². The van der Waals surface area contributed by atoms with Crippen molar-refractivity contribution < 1.29 is 0 Å². The number of hydrogen-bond donors (Lipinski definition) is 0. The quantitative estimate of drug-likeness (QED) is 0.170. The molecule has 274 valence electrons. The van der Waals surface area contributed by atoms with Gasteiger partial charge in [0.2, 0.25) is 0 Å². The molecule has 1 spiro atoms. The average Bonchev–Trinajstić information content (AvgIpc) is 3.76. The van der Waals surface area contributed by atoms with Gasteiger partial charge in [-0.05, 0) is 145 Å². The molecule has 0 saturated carbocycles. The third kappa shape index (κ3) is 4.83. The van der Waals surface area contributed by atoms with Gasteiger partial charge < -0.3 is 4.90 Å². The van der Waals surface area contributed by atoms with Gasteiger partial charge in [0.05, 0.1) is 11.1 Å². The molecule has 0 amide bonds. The van der Waals surface area contributed by atoms with Gasteiger partial charge in [0, 0.05) is 16.9 Å². The lowest BCUT2D eigenvalue weighted by atomic mass is 9.70. The van der Waals surface area contributed by atoms with Crippen LogP contribution in [0.15, 0.2) is 200 Å². The summed E-state index contributed by atoms with van der Waals surface area (Å²) in [4.78, 5) is 2.52. The van der Waals surface area contributed by atoms with E-state index < -0.39 is 5.41 Å². The number of nitrogens with zero attached hydrogens (tertiary/aromatic N) is 1. The molecule has 0 bridgehead atoms. The van der Waals surface area contributed by atoms with Crippen molar-refractivity contribution in [3.63, 3.8) is 0 Å². The van der Waals surface area contributed by atoms with Crippen molar-refractivity contribution in [2.24, 2.45) is 0 Å².